The average molecular weight is 488 g/mol. The molecule has 3 aromatic carbocycles. The number of rotatable bonds is 4. The molecular formula is C26H17FN2O5S. The molecule has 0 N–H and O–H groups in total. The molecule has 35 heavy (non-hydrogen) atoms. The van der Waals surface area contributed by atoms with Crippen molar-refractivity contribution in [3.63, 3.8) is 0 Å². The smallest absolute Gasteiger partial charge is 0.297 e. The van der Waals surface area contributed by atoms with Crippen LogP contribution in [0.25, 0.3) is 21.2 Å². The van der Waals surface area contributed by atoms with Crippen molar-refractivity contribution in [2.75, 3.05) is 19.1 Å². The van der Waals surface area contributed by atoms with Gasteiger partial charge in [0.2, 0.25) is 5.76 Å². The second-order valence-corrected chi connectivity index (χ2v) is 8.98. The molecule has 1 aliphatic rings. The van der Waals surface area contributed by atoms with Crippen molar-refractivity contribution < 1.29 is 23.1 Å². The zero-order chi connectivity index (χ0) is 24.3. The summed E-state index contributed by atoms with van der Waals surface area (Å²) in [7, 11) is 3.04. The maximum absolute atomic E-state index is 13.8. The Labute approximate surface area is 202 Å². The number of para-hydroxylation sites is 1. The van der Waals surface area contributed by atoms with Crippen LogP contribution < -0.4 is 19.8 Å². The number of fused-ring (bicyclic) bond motifs is 3. The first kappa shape index (κ1) is 21.3. The van der Waals surface area contributed by atoms with Crippen molar-refractivity contribution in [3.8, 4) is 11.5 Å². The molecule has 1 atom stereocenters. The molecule has 0 radical (unpaired) electrons. The number of nitrogens with zero attached hydrogens (tertiary/aromatic N) is 2. The van der Waals surface area contributed by atoms with Crippen LogP contribution in [0, 0.1) is 5.82 Å². The van der Waals surface area contributed by atoms with Crippen LogP contribution in [0.3, 0.4) is 0 Å². The number of hydrogen-bond acceptors (Lipinski definition) is 7. The maximum Gasteiger partial charge on any atom is 0.297 e. The van der Waals surface area contributed by atoms with E-state index in [1.165, 1.54) is 31.3 Å². The fourth-order valence-corrected chi connectivity index (χ4v) is 5.46. The lowest BCUT2D eigenvalue weighted by molar-refractivity contribution is 0.0971. The van der Waals surface area contributed by atoms with Crippen molar-refractivity contribution in [1.82, 2.24) is 4.98 Å². The molecule has 5 aromatic rings. The number of aromatic nitrogens is 1. The van der Waals surface area contributed by atoms with Crippen molar-refractivity contribution >= 4 is 43.6 Å². The van der Waals surface area contributed by atoms with E-state index in [0.717, 1.165) is 11.3 Å². The van der Waals surface area contributed by atoms with Crippen LogP contribution in [-0.2, 0) is 0 Å². The minimum atomic E-state index is -0.830. The van der Waals surface area contributed by atoms with Crippen molar-refractivity contribution in [2.45, 2.75) is 6.04 Å². The summed E-state index contributed by atoms with van der Waals surface area (Å²) in [5.74, 6) is 0.0140. The molecule has 0 saturated carbocycles. The zero-order valence-corrected chi connectivity index (χ0v) is 19.4. The molecule has 1 amide bonds. The van der Waals surface area contributed by atoms with Gasteiger partial charge in [0, 0.05) is 0 Å². The third kappa shape index (κ3) is 3.19. The van der Waals surface area contributed by atoms with Crippen molar-refractivity contribution in [2.24, 2.45) is 0 Å². The largest absolute Gasteiger partial charge is 0.493 e. The van der Waals surface area contributed by atoms with E-state index in [0.29, 0.717) is 43.4 Å². The molecule has 7 nitrogen and oxygen atoms in total. The molecule has 0 spiro atoms. The van der Waals surface area contributed by atoms with Gasteiger partial charge in [0.05, 0.1) is 41.4 Å². The number of ether oxygens (including phenoxy) is 2. The highest BCUT2D eigenvalue weighted by molar-refractivity contribution is 7.22. The standard InChI is InChI=1S/C26H17FN2O5S/c1-32-18-10-7-13(11-19(18)33-2)22-21-23(30)15-5-3-4-6-17(15)34-24(21)25(31)29(22)26-28-16-9-8-14(27)12-20(16)35-26/h3-12,22H,1-2H3/t22-/m1/s1. The lowest BCUT2D eigenvalue weighted by Crippen LogP contribution is -2.29. The van der Waals surface area contributed by atoms with Gasteiger partial charge in [-0.3, -0.25) is 14.5 Å². The number of anilines is 1. The molecule has 1 aliphatic heterocycles. The summed E-state index contributed by atoms with van der Waals surface area (Å²) >= 11 is 1.16. The van der Waals surface area contributed by atoms with Crippen LogP contribution in [-0.4, -0.2) is 25.1 Å². The number of halogens is 1. The number of benzene rings is 3. The van der Waals surface area contributed by atoms with Crippen LogP contribution in [0.4, 0.5) is 9.52 Å². The van der Waals surface area contributed by atoms with Gasteiger partial charge in [-0.1, -0.05) is 29.5 Å². The second-order valence-electron chi connectivity index (χ2n) is 7.97. The number of methoxy groups -OCH3 is 2. The SMILES string of the molecule is COc1ccc([C@@H]2c3c(oc4ccccc4c3=O)C(=O)N2c2nc3ccc(F)cc3s2)cc1OC. The number of thiazole rings is 1. The molecule has 2 aromatic heterocycles. The Morgan fingerprint density at radius 2 is 1.80 bits per heavy atom. The highest BCUT2D eigenvalue weighted by atomic mass is 32.1. The topological polar surface area (TPSA) is 81.9 Å². The first-order valence-corrected chi connectivity index (χ1v) is 11.5. The lowest BCUT2D eigenvalue weighted by atomic mass is 9.98. The molecule has 174 valence electrons. The van der Waals surface area contributed by atoms with E-state index < -0.39 is 17.8 Å². The van der Waals surface area contributed by atoms with E-state index in [1.54, 1.807) is 48.5 Å². The van der Waals surface area contributed by atoms with Crippen LogP contribution >= 0.6 is 11.3 Å². The van der Waals surface area contributed by atoms with Gasteiger partial charge in [-0.2, -0.15) is 0 Å². The fourth-order valence-electron chi connectivity index (χ4n) is 4.44. The van der Waals surface area contributed by atoms with E-state index in [-0.39, 0.29) is 16.8 Å². The Morgan fingerprint density at radius 1 is 1.00 bits per heavy atom. The van der Waals surface area contributed by atoms with E-state index in [4.69, 9.17) is 13.9 Å². The van der Waals surface area contributed by atoms with E-state index in [2.05, 4.69) is 4.98 Å². The predicted molar refractivity (Wildman–Crippen MR) is 130 cm³/mol. The van der Waals surface area contributed by atoms with Gasteiger partial charge in [0.1, 0.15) is 11.4 Å². The highest BCUT2D eigenvalue weighted by Gasteiger charge is 2.45. The Kier molecular flexibility index (Phi) is 4.82. The van der Waals surface area contributed by atoms with Gasteiger partial charge in [-0.15, -0.1) is 0 Å². The lowest BCUT2D eigenvalue weighted by Gasteiger charge is -2.23. The molecule has 0 aliphatic carbocycles. The summed E-state index contributed by atoms with van der Waals surface area (Å²) in [4.78, 5) is 33.4. The second kappa shape index (κ2) is 7.92. The molecule has 0 fully saturated rings. The summed E-state index contributed by atoms with van der Waals surface area (Å²) in [6, 6.07) is 15.4. The molecule has 3 heterocycles. The predicted octanol–water partition coefficient (Wildman–Crippen LogP) is 5.31. The Balaban J connectivity index is 1.63. The van der Waals surface area contributed by atoms with Crippen LogP contribution in [0.5, 0.6) is 11.5 Å². The van der Waals surface area contributed by atoms with Gasteiger partial charge in [-0.05, 0) is 48.0 Å². The molecule has 9 heteroatoms. The number of amides is 1. The van der Waals surface area contributed by atoms with Gasteiger partial charge < -0.3 is 13.9 Å². The maximum atomic E-state index is 13.8. The molecule has 0 unspecified atom stereocenters. The fraction of sp³-hybridized carbons (Fsp3) is 0.115. The third-order valence-corrected chi connectivity index (χ3v) is 7.06. The minimum Gasteiger partial charge on any atom is -0.493 e. The van der Waals surface area contributed by atoms with Gasteiger partial charge in [0.25, 0.3) is 5.91 Å². The van der Waals surface area contributed by atoms with Crippen LogP contribution in [0.15, 0.2) is 69.9 Å². The molecule has 0 saturated heterocycles. The quantitative estimate of drug-likeness (QED) is 0.341. The first-order chi connectivity index (χ1) is 17.0. The molecule has 6 rings (SSSR count). The number of hydrogen-bond donors (Lipinski definition) is 0. The summed E-state index contributed by atoms with van der Waals surface area (Å²) in [5, 5.41) is 0.697. The summed E-state index contributed by atoms with van der Waals surface area (Å²) in [6.07, 6.45) is 0. The van der Waals surface area contributed by atoms with E-state index in [1.807, 2.05) is 0 Å². The minimum absolute atomic E-state index is 0.0427. The number of carbonyl (C=O) groups excluding carboxylic acids is 1. The highest BCUT2D eigenvalue weighted by Crippen LogP contribution is 2.45. The van der Waals surface area contributed by atoms with Crippen molar-refractivity contribution in [1.29, 1.82) is 0 Å². The Morgan fingerprint density at radius 3 is 2.60 bits per heavy atom. The van der Waals surface area contributed by atoms with Crippen molar-refractivity contribution in [3.05, 3.63) is 93.6 Å². The number of carbonyl (C=O) groups is 1. The monoisotopic (exact) mass is 488 g/mol. The van der Waals surface area contributed by atoms with Gasteiger partial charge >= 0.3 is 0 Å². The Hall–Kier alpha value is -4.24. The summed E-state index contributed by atoms with van der Waals surface area (Å²) in [5.41, 5.74) is 1.40. The van der Waals surface area contributed by atoms with Gasteiger partial charge in [0.15, 0.2) is 22.1 Å². The summed E-state index contributed by atoms with van der Waals surface area (Å²) in [6.45, 7) is 0. The van der Waals surface area contributed by atoms with E-state index in [9.17, 15) is 14.0 Å². The van der Waals surface area contributed by atoms with Gasteiger partial charge in [-0.25, -0.2) is 9.37 Å². The average Bonchev–Trinajstić information content (AvgIpc) is 3.42. The summed E-state index contributed by atoms with van der Waals surface area (Å²) < 4.78 is 31.2. The first-order valence-electron chi connectivity index (χ1n) is 10.7. The van der Waals surface area contributed by atoms with E-state index >= 15 is 0 Å². The molecular weight excluding hydrogens is 471 g/mol. The Bertz CT molecular complexity index is 1710. The normalized spacial score (nSPS) is 15.1. The zero-order valence-electron chi connectivity index (χ0n) is 18.6. The van der Waals surface area contributed by atoms with Crippen LogP contribution in [0.1, 0.15) is 27.7 Å². The molecule has 0 bridgehead atoms. The third-order valence-electron chi connectivity index (χ3n) is 6.05. The van der Waals surface area contributed by atoms with Crippen LogP contribution in [0.2, 0.25) is 0 Å².